The fourth-order valence-electron chi connectivity index (χ4n) is 0.921. The number of hydrogen-bond donors (Lipinski definition) is 1. The van der Waals surface area contributed by atoms with Crippen LogP contribution in [0.2, 0.25) is 0 Å². The maximum Gasteiger partial charge on any atom is 0.407 e. The first-order valence-electron chi connectivity index (χ1n) is 4.53. The summed E-state index contributed by atoms with van der Waals surface area (Å²) in [4.78, 5) is 15.1. The van der Waals surface area contributed by atoms with Crippen LogP contribution in [0, 0.1) is 0 Å². The van der Waals surface area contributed by atoms with Crippen LogP contribution >= 0.6 is 0 Å². The first-order valence-corrected chi connectivity index (χ1v) is 4.53. The van der Waals surface area contributed by atoms with Crippen molar-refractivity contribution in [2.24, 2.45) is 0 Å². The van der Waals surface area contributed by atoms with Crippen molar-refractivity contribution in [2.45, 2.75) is 26.5 Å². The molecule has 0 aliphatic heterocycles. The minimum absolute atomic E-state index is 0. The van der Waals surface area contributed by atoms with E-state index in [2.05, 4.69) is 10.3 Å². The Balaban J connectivity index is 0.00000196. The first kappa shape index (κ1) is 10.5. The second kappa shape index (κ2) is 5.21. The Morgan fingerprint density at radius 2 is 2.43 bits per heavy atom. The number of nitrogens with zero attached hydrogens (tertiary/aromatic N) is 1. The van der Waals surface area contributed by atoms with Crippen LogP contribution in [0.25, 0.3) is 0 Å². The largest absolute Gasteiger partial charge is 0.447 e. The highest BCUT2D eigenvalue weighted by Gasteiger charge is 2.03. The van der Waals surface area contributed by atoms with Crippen molar-refractivity contribution in [1.29, 1.82) is 0 Å². The van der Waals surface area contributed by atoms with Gasteiger partial charge >= 0.3 is 6.09 Å². The Morgan fingerprint density at radius 3 is 3.00 bits per heavy atom. The van der Waals surface area contributed by atoms with E-state index >= 15 is 0 Å². The van der Waals surface area contributed by atoms with Gasteiger partial charge in [0.05, 0.1) is 18.3 Å². The summed E-state index contributed by atoms with van der Waals surface area (Å²) in [6.45, 7) is 4.01. The van der Waals surface area contributed by atoms with E-state index < -0.39 is 6.09 Å². The van der Waals surface area contributed by atoms with E-state index in [1.165, 1.54) is 0 Å². The zero-order valence-corrected chi connectivity index (χ0v) is 8.36. The van der Waals surface area contributed by atoms with Crippen LogP contribution in [0.5, 0.6) is 0 Å². The minimum Gasteiger partial charge on any atom is -0.447 e. The maximum atomic E-state index is 11.1. The number of alkyl carbamates (subject to hydrolysis) is 1. The van der Waals surface area contributed by atoms with Crippen molar-refractivity contribution in [1.82, 2.24) is 10.3 Å². The van der Waals surface area contributed by atoms with Crippen LogP contribution in [0.1, 0.15) is 21.0 Å². The Kier molecular flexibility index (Phi) is 3.91. The van der Waals surface area contributed by atoms with E-state index in [1.54, 1.807) is 20.0 Å². The molecule has 1 aromatic heterocycles. The topological polar surface area (TPSA) is 51.2 Å². The summed E-state index contributed by atoms with van der Waals surface area (Å²) in [5, 5.41) is 2.61. The third kappa shape index (κ3) is 3.89. The highest BCUT2D eigenvalue weighted by Crippen LogP contribution is 1.93. The zero-order valence-electron chi connectivity index (χ0n) is 8.36. The Bertz CT molecular complexity index is 291. The SMILES string of the molecule is CC(C)OC(=O)NCc1ccccn1.[HH]. The molecule has 0 spiro atoms. The van der Waals surface area contributed by atoms with E-state index in [0.717, 1.165) is 5.69 Å². The van der Waals surface area contributed by atoms with Gasteiger partial charge in [0, 0.05) is 7.62 Å². The number of ether oxygens (including phenoxy) is 1. The molecule has 1 aromatic rings. The van der Waals surface area contributed by atoms with Gasteiger partial charge in [-0.25, -0.2) is 4.79 Å². The van der Waals surface area contributed by atoms with Gasteiger partial charge in [-0.05, 0) is 26.0 Å². The quantitative estimate of drug-likeness (QED) is 0.804. The molecule has 1 heterocycles. The predicted molar refractivity (Wildman–Crippen MR) is 54.8 cm³/mol. The summed E-state index contributed by atoms with van der Waals surface area (Å²) in [6.07, 6.45) is 1.18. The molecule has 4 heteroatoms. The molecule has 0 bridgehead atoms. The van der Waals surface area contributed by atoms with Crippen molar-refractivity contribution in [3.8, 4) is 0 Å². The molecule has 0 atom stereocenters. The lowest BCUT2D eigenvalue weighted by molar-refractivity contribution is 0.115. The van der Waals surface area contributed by atoms with E-state index in [0.29, 0.717) is 6.54 Å². The monoisotopic (exact) mass is 196 g/mol. The van der Waals surface area contributed by atoms with Crippen LogP contribution in [0.4, 0.5) is 4.79 Å². The molecule has 0 unspecified atom stereocenters. The number of aromatic nitrogens is 1. The second-order valence-electron chi connectivity index (χ2n) is 3.13. The third-order valence-corrected chi connectivity index (χ3v) is 1.48. The molecule has 14 heavy (non-hydrogen) atoms. The Hall–Kier alpha value is -1.58. The molecule has 1 amide bonds. The summed E-state index contributed by atoms with van der Waals surface area (Å²) in [5.74, 6) is 0. The van der Waals surface area contributed by atoms with Gasteiger partial charge in [-0.3, -0.25) is 4.98 Å². The number of pyridine rings is 1. The van der Waals surface area contributed by atoms with Gasteiger partial charge in [-0.15, -0.1) is 0 Å². The predicted octanol–water partition coefficient (Wildman–Crippen LogP) is 1.96. The van der Waals surface area contributed by atoms with Crippen LogP contribution in [-0.4, -0.2) is 17.2 Å². The van der Waals surface area contributed by atoms with Gasteiger partial charge in [-0.2, -0.15) is 0 Å². The number of carbonyl (C=O) groups is 1. The van der Waals surface area contributed by atoms with Crippen LogP contribution < -0.4 is 5.32 Å². The summed E-state index contributed by atoms with van der Waals surface area (Å²) in [6, 6.07) is 5.55. The lowest BCUT2D eigenvalue weighted by Gasteiger charge is -2.08. The molecule has 4 nitrogen and oxygen atoms in total. The molecule has 0 saturated carbocycles. The number of nitrogens with one attached hydrogen (secondary N) is 1. The van der Waals surface area contributed by atoms with Gasteiger partial charge in [0.15, 0.2) is 0 Å². The van der Waals surface area contributed by atoms with Crippen molar-refractivity contribution < 1.29 is 11.0 Å². The molecule has 78 valence electrons. The fraction of sp³-hybridized carbons (Fsp3) is 0.400. The molecular weight excluding hydrogens is 180 g/mol. The van der Waals surface area contributed by atoms with Crippen LogP contribution in [0.3, 0.4) is 0 Å². The van der Waals surface area contributed by atoms with Gasteiger partial charge in [0.1, 0.15) is 0 Å². The number of amides is 1. The molecular formula is C10H16N2O2. The molecule has 0 aliphatic carbocycles. The molecule has 0 aliphatic rings. The van der Waals surface area contributed by atoms with E-state index in [9.17, 15) is 4.79 Å². The molecule has 1 rings (SSSR count). The average Bonchev–Trinajstić information content (AvgIpc) is 2.15. The molecule has 0 radical (unpaired) electrons. The highest BCUT2D eigenvalue weighted by molar-refractivity contribution is 5.67. The van der Waals surface area contributed by atoms with Crippen molar-refractivity contribution in [2.75, 3.05) is 0 Å². The van der Waals surface area contributed by atoms with Gasteiger partial charge in [0.25, 0.3) is 0 Å². The zero-order chi connectivity index (χ0) is 10.4. The van der Waals surface area contributed by atoms with Crippen molar-refractivity contribution in [3.05, 3.63) is 30.1 Å². The average molecular weight is 196 g/mol. The Morgan fingerprint density at radius 1 is 1.64 bits per heavy atom. The molecule has 0 fully saturated rings. The van der Waals surface area contributed by atoms with Crippen LogP contribution in [0.15, 0.2) is 24.4 Å². The smallest absolute Gasteiger partial charge is 0.407 e. The fourth-order valence-corrected chi connectivity index (χ4v) is 0.921. The molecule has 1 N–H and O–H groups in total. The van der Waals surface area contributed by atoms with E-state index in [-0.39, 0.29) is 7.53 Å². The third-order valence-electron chi connectivity index (χ3n) is 1.48. The normalized spacial score (nSPS) is 9.93. The maximum absolute atomic E-state index is 11.1. The number of carbonyl (C=O) groups excluding carboxylic acids is 1. The van der Waals surface area contributed by atoms with Gasteiger partial charge in [-0.1, -0.05) is 6.07 Å². The molecule has 0 saturated heterocycles. The second-order valence-corrected chi connectivity index (χ2v) is 3.13. The first-order chi connectivity index (χ1) is 6.68. The number of rotatable bonds is 3. The van der Waals surface area contributed by atoms with Crippen molar-refractivity contribution >= 4 is 6.09 Å². The van der Waals surface area contributed by atoms with Gasteiger partial charge in [0.2, 0.25) is 0 Å². The van der Waals surface area contributed by atoms with Crippen LogP contribution in [-0.2, 0) is 11.3 Å². The highest BCUT2D eigenvalue weighted by atomic mass is 16.6. The summed E-state index contributed by atoms with van der Waals surface area (Å²) < 4.78 is 4.89. The van der Waals surface area contributed by atoms with Crippen molar-refractivity contribution in [3.63, 3.8) is 0 Å². The standard InChI is InChI=1S/C10H14N2O2.H2/c1-8(2)14-10(13)12-7-9-5-3-4-6-11-9;/h3-6,8H,7H2,1-2H3,(H,12,13);1H. The summed E-state index contributed by atoms with van der Waals surface area (Å²) in [5.41, 5.74) is 0.813. The summed E-state index contributed by atoms with van der Waals surface area (Å²) >= 11 is 0. The Labute approximate surface area is 84.8 Å². The lowest BCUT2D eigenvalue weighted by Crippen LogP contribution is -2.26. The molecule has 0 aromatic carbocycles. The lowest BCUT2D eigenvalue weighted by atomic mass is 10.3. The minimum atomic E-state index is -0.411. The van der Waals surface area contributed by atoms with E-state index in [4.69, 9.17) is 4.74 Å². The van der Waals surface area contributed by atoms with Gasteiger partial charge < -0.3 is 10.1 Å². The van der Waals surface area contributed by atoms with E-state index in [1.807, 2.05) is 18.2 Å². The summed E-state index contributed by atoms with van der Waals surface area (Å²) in [7, 11) is 0. The number of hydrogen-bond acceptors (Lipinski definition) is 3.